The van der Waals surface area contributed by atoms with E-state index in [9.17, 15) is 9.00 Å². The van der Waals surface area contributed by atoms with Crippen molar-refractivity contribution in [2.75, 3.05) is 26.9 Å². The molecule has 0 amide bonds. The number of hydrogen-bond donors (Lipinski definition) is 0. The van der Waals surface area contributed by atoms with E-state index in [4.69, 9.17) is 25.8 Å². The predicted molar refractivity (Wildman–Crippen MR) is 181 cm³/mol. The molecule has 0 spiro atoms. The van der Waals surface area contributed by atoms with Gasteiger partial charge in [0.2, 0.25) is 0 Å². The van der Waals surface area contributed by atoms with Crippen molar-refractivity contribution in [3.63, 3.8) is 0 Å². The Morgan fingerprint density at radius 1 is 0.978 bits per heavy atom. The molecule has 238 valence electrons. The van der Waals surface area contributed by atoms with Crippen molar-refractivity contribution in [3.05, 3.63) is 101 Å². The van der Waals surface area contributed by atoms with Crippen molar-refractivity contribution in [1.29, 1.82) is 0 Å². The van der Waals surface area contributed by atoms with E-state index in [1.165, 1.54) is 0 Å². The highest BCUT2D eigenvalue weighted by molar-refractivity contribution is 7.84. The van der Waals surface area contributed by atoms with E-state index in [-0.39, 0.29) is 12.2 Å². The Kier molecular flexibility index (Phi) is 13.4. The largest absolute Gasteiger partial charge is 0.495 e. The molecule has 1 heterocycles. The molecule has 1 aromatic heterocycles. The van der Waals surface area contributed by atoms with Gasteiger partial charge in [-0.05, 0) is 78.1 Å². The van der Waals surface area contributed by atoms with Crippen LogP contribution in [0.5, 0.6) is 11.5 Å². The number of ether oxygens (including phenoxy) is 3. The normalized spacial score (nSPS) is 12.0. The van der Waals surface area contributed by atoms with Gasteiger partial charge in [-0.1, -0.05) is 56.1 Å². The molecular formula is C36H41ClN2O5S. The molecule has 4 aromatic rings. The average molecular weight is 649 g/mol. The van der Waals surface area contributed by atoms with Crippen LogP contribution >= 0.6 is 11.6 Å². The molecule has 9 heteroatoms. The van der Waals surface area contributed by atoms with E-state index in [1.807, 2.05) is 65.2 Å². The quantitative estimate of drug-likeness (QED) is 0.0805. The molecule has 0 N–H and O–H groups in total. The number of nitrogens with zero attached hydrogens (tertiary/aromatic N) is 2. The van der Waals surface area contributed by atoms with Gasteiger partial charge in [-0.15, -0.1) is 0 Å². The lowest BCUT2D eigenvalue weighted by Crippen LogP contribution is -2.07. The Hall–Kier alpha value is -3.72. The number of allylic oxidation sites excluding steroid dienone is 1. The van der Waals surface area contributed by atoms with Crippen LogP contribution in [0.1, 0.15) is 49.9 Å². The Labute approximate surface area is 273 Å². The van der Waals surface area contributed by atoms with Gasteiger partial charge in [-0.3, -0.25) is 9.00 Å². The highest BCUT2D eigenvalue weighted by Crippen LogP contribution is 2.35. The number of hydrogen-bond acceptors (Lipinski definition) is 6. The molecule has 0 aliphatic carbocycles. The zero-order chi connectivity index (χ0) is 32.0. The van der Waals surface area contributed by atoms with Gasteiger partial charge in [0.05, 0.1) is 47.3 Å². The van der Waals surface area contributed by atoms with Gasteiger partial charge >= 0.3 is 0 Å². The number of carbonyl (C=O) groups is 1. The molecule has 0 saturated heterocycles. The minimum absolute atomic E-state index is 0.0731. The molecule has 0 unspecified atom stereocenters. The fourth-order valence-electron chi connectivity index (χ4n) is 4.76. The summed E-state index contributed by atoms with van der Waals surface area (Å²) in [7, 11) is 0.354. The third-order valence-corrected chi connectivity index (χ3v) is 8.79. The minimum atomic E-state index is -1.20. The summed E-state index contributed by atoms with van der Waals surface area (Å²) in [5.74, 6) is 1.59. The first-order valence-corrected chi connectivity index (χ1v) is 17.0. The van der Waals surface area contributed by atoms with E-state index < -0.39 is 10.8 Å². The van der Waals surface area contributed by atoms with Crippen LogP contribution < -0.4 is 9.47 Å². The molecule has 0 fully saturated rings. The summed E-state index contributed by atoms with van der Waals surface area (Å²) in [4.78, 5) is 17.8. The minimum Gasteiger partial charge on any atom is -0.495 e. The number of ketones is 1. The van der Waals surface area contributed by atoms with Crippen LogP contribution in [0.3, 0.4) is 0 Å². The summed E-state index contributed by atoms with van der Waals surface area (Å²) in [5.41, 5.74) is 4.34. The van der Waals surface area contributed by atoms with Gasteiger partial charge in [0.25, 0.3) is 0 Å². The van der Waals surface area contributed by atoms with Crippen molar-refractivity contribution in [2.24, 2.45) is 0 Å². The first kappa shape index (κ1) is 34.2. The number of carbonyl (C=O) groups excluding carboxylic acids is 1. The predicted octanol–water partition coefficient (Wildman–Crippen LogP) is 7.95. The van der Waals surface area contributed by atoms with Crippen molar-refractivity contribution in [2.45, 2.75) is 56.7 Å². The van der Waals surface area contributed by atoms with E-state index in [0.717, 1.165) is 65.4 Å². The van der Waals surface area contributed by atoms with Gasteiger partial charge < -0.3 is 18.8 Å². The second-order valence-corrected chi connectivity index (χ2v) is 12.5. The van der Waals surface area contributed by atoms with Crippen molar-refractivity contribution >= 4 is 34.3 Å². The van der Waals surface area contributed by atoms with Gasteiger partial charge in [0.1, 0.15) is 18.1 Å². The molecule has 7 nitrogen and oxygen atoms in total. The summed E-state index contributed by atoms with van der Waals surface area (Å²) >= 11 is 6.58. The number of unbranched alkanes of at least 4 members (excludes halogenated alkanes) is 1. The number of rotatable bonds is 18. The summed E-state index contributed by atoms with van der Waals surface area (Å²) in [6, 6.07) is 18.9. The standard InChI is InChI=1S/C36H41ClN2O5S/c1-4-6-18-43-19-20-44-33-13-10-28(11-14-33)30-22-29(36(42-3)35(37)23-30)9-12-32(40)21-27-7-15-34(16-8-27)45(41)25-31-24-38-26-39(31)17-5-2/h7-16,22-24,26H,4-6,17-21,25H2,1-3H3/b12-9+/t45-/m1/s1. The monoisotopic (exact) mass is 648 g/mol. The Morgan fingerprint density at radius 3 is 2.47 bits per heavy atom. The Morgan fingerprint density at radius 2 is 1.76 bits per heavy atom. The fraction of sp³-hybridized carbons (Fsp3) is 0.333. The highest BCUT2D eigenvalue weighted by Gasteiger charge is 2.12. The maximum absolute atomic E-state index is 12.9. The molecule has 0 aliphatic heterocycles. The molecular weight excluding hydrogens is 608 g/mol. The molecule has 0 saturated carbocycles. The lowest BCUT2D eigenvalue weighted by Gasteiger charge is -2.12. The number of aryl methyl sites for hydroxylation is 1. The zero-order valence-corrected chi connectivity index (χ0v) is 27.7. The number of methoxy groups -OCH3 is 1. The van der Waals surface area contributed by atoms with E-state index >= 15 is 0 Å². The smallest absolute Gasteiger partial charge is 0.160 e. The van der Waals surface area contributed by atoms with Gasteiger partial charge in [0.15, 0.2) is 5.78 Å². The maximum Gasteiger partial charge on any atom is 0.160 e. The van der Waals surface area contributed by atoms with Crippen LogP contribution in [0, 0.1) is 0 Å². The van der Waals surface area contributed by atoms with Crippen molar-refractivity contribution in [3.8, 4) is 22.6 Å². The number of aromatic nitrogens is 2. The summed E-state index contributed by atoms with van der Waals surface area (Å²) in [5, 5.41) is 0.452. The van der Waals surface area contributed by atoms with Crippen molar-refractivity contribution in [1.82, 2.24) is 9.55 Å². The molecule has 0 aliphatic rings. The van der Waals surface area contributed by atoms with E-state index in [2.05, 4.69) is 18.8 Å². The number of halogens is 1. The van der Waals surface area contributed by atoms with Crippen LogP contribution in [0.15, 0.2) is 84.2 Å². The summed E-state index contributed by atoms with van der Waals surface area (Å²) < 4.78 is 31.9. The highest BCUT2D eigenvalue weighted by atomic mass is 35.5. The first-order chi connectivity index (χ1) is 21.9. The Bertz CT molecular complexity index is 1580. The Balaban J connectivity index is 1.37. The van der Waals surface area contributed by atoms with Gasteiger partial charge in [-0.25, -0.2) is 4.98 Å². The second kappa shape index (κ2) is 17.7. The second-order valence-electron chi connectivity index (χ2n) is 10.6. The van der Waals surface area contributed by atoms with Crippen molar-refractivity contribution < 1.29 is 23.2 Å². The van der Waals surface area contributed by atoms with Gasteiger partial charge in [0, 0.05) is 36.2 Å². The fourth-order valence-corrected chi connectivity index (χ4v) is 6.18. The van der Waals surface area contributed by atoms with Crippen LogP contribution in [-0.2, 0) is 39.0 Å². The zero-order valence-electron chi connectivity index (χ0n) is 26.2. The topological polar surface area (TPSA) is 79.7 Å². The summed E-state index contributed by atoms with van der Waals surface area (Å²) in [6.07, 6.45) is 10.2. The lowest BCUT2D eigenvalue weighted by molar-refractivity contribution is -0.113. The number of benzene rings is 3. The third kappa shape index (κ3) is 10.1. The first-order valence-electron chi connectivity index (χ1n) is 15.3. The van der Waals surface area contributed by atoms with Crippen LogP contribution in [0.4, 0.5) is 0 Å². The van der Waals surface area contributed by atoms with E-state index in [1.54, 1.807) is 31.8 Å². The van der Waals surface area contributed by atoms with Gasteiger partial charge in [-0.2, -0.15) is 0 Å². The summed E-state index contributed by atoms with van der Waals surface area (Å²) in [6.45, 7) is 6.89. The molecule has 4 rings (SSSR count). The van der Waals surface area contributed by atoms with E-state index in [0.29, 0.717) is 35.3 Å². The molecule has 3 aromatic carbocycles. The maximum atomic E-state index is 12.9. The number of imidazole rings is 1. The average Bonchev–Trinajstić information content (AvgIpc) is 3.48. The SMILES string of the molecule is CCCCOCCOc1ccc(-c2cc(Cl)c(OC)c(/C=C/C(=O)Cc3ccc([S@](=O)Cc4cncn4CCC)cc3)c2)cc1. The van der Waals surface area contributed by atoms with Crippen LogP contribution in [0.25, 0.3) is 17.2 Å². The van der Waals surface area contributed by atoms with Crippen LogP contribution in [-0.4, -0.2) is 46.5 Å². The molecule has 1 atom stereocenters. The lowest BCUT2D eigenvalue weighted by atomic mass is 10.0. The molecule has 0 bridgehead atoms. The van der Waals surface area contributed by atoms with Crippen LogP contribution in [0.2, 0.25) is 5.02 Å². The molecule has 45 heavy (non-hydrogen) atoms. The molecule has 0 radical (unpaired) electrons. The third-order valence-electron chi connectivity index (χ3n) is 7.16.